The lowest BCUT2D eigenvalue weighted by molar-refractivity contribution is -0.0507. The standard InChI is InChI=1S/C10H12F2N2O2/c1-5-3-7(9(13)14-15)4-6(2)8(5)16-10(11)12/h3-4,10,15H,1-2H3,(H2,13,14). The van der Waals surface area contributed by atoms with E-state index in [-0.39, 0.29) is 11.6 Å². The van der Waals surface area contributed by atoms with Gasteiger partial charge < -0.3 is 15.7 Å². The van der Waals surface area contributed by atoms with Crippen molar-refractivity contribution < 1.29 is 18.7 Å². The van der Waals surface area contributed by atoms with Crippen molar-refractivity contribution >= 4 is 5.84 Å². The molecule has 6 heteroatoms. The predicted octanol–water partition coefficient (Wildman–Crippen LogP) is 2.00. The van der Waals surface area contributed by atoms with Gasteiger partial charge in [0.25, 0.3) is 0 Å². The monoisotopic (exact) mass is 230 g/mol. The Bertz CT molecular complexity index is 396. The van der Waals surface area contributed by atoms with Crippen molar-refractivity contribution in [3.8, 4) is 5.75 Å². The fourth-order valence-electron chi connectivity index (χ4n) is 1.43. The van der Waals surface area contributed by atoms with E-state index in [2.05, 4.69) is 9.89 Å². The van der Waals surface area contributed by atoms with Crippen LogP contribution in [0.25, 0.3) is 0 Å². The van der Waals surface area contributed by atoms with Crippen molar-refractivity contribution in [1.82, 2.24) is 0 Å². The maximum absolute atomic E-state index is 12.1. The van der Waals surface area contributed by atoms with Crippen LogP contribution in [0.3, 0.4) is 0 Å². The average molecular weight is 230 g/mol. The molecule has 0 aliphatic heterocycles. The highest BCUT2D eigenvalue weighted by molar-refractivity contribution is 5.97. The van der Waals surface area contributed by atoms with Crippen LogP contribution >= 0.6 is 0 Å². The van der Waals surface area contributed by atoms with E-state index in [4.69, 9.17) is 10.9 Å². The minimum Gasteiger partial charge on any atom is -0.434 e. The Morgan fingerprint density at radius 3 is 2.25 bits per heavy atom. The smallest absolute Gasteiger partial charge is 0.387 e. The van der Waals surface area contributed by atoms with Crippen LogP contribution in [0.5, 0.6) is 5.75 Å². The summed E-state index contributed by atoms with van der Waals surface area (Å²) in [6.45, 7) is 0.352. The largest absolute Gasteiger partial charge is 0.434 e. The van der Waals surface area contributed by atoms with Crippen LogP contribution < -0.4 is 10.5 Å². The molecule has 88 valence electrons. The van der Waals surface area contributed by atoms with Crippen molar-refractivity contribution in [2.24, 2.45) is 10.9 Å². The summed E-state index contributed by atoms with van der Waals surface area (Å²) in [6.07, 6.45) is 0. The molecule has 0 unspecified atom stereocenters. The minimum atomic E-state index is -2.87. The number of nitrogens with zero attached hydrogens (tertiary/aromatic N) is 1. The van der Waals surface area contributed by atoms with E-state index in [1.165, 1.54) is 12.1 Å². The second kappa shape index (κ2) is 4.78. The summed E-state index contributed by atoms with van der Waals surface area (Å²) in [5, 5.41) is 11.3. The van der Waals surface area contributed by atoms with Crippen LogP contribution in [0.4, 0.5) is 8.78 Å². The zero-order chi connectivity index (χ0) is 12.3. The molecule has 0 amide bonds. The number of hydrogen-bond acceptors (Lipinski definition) is 3. The van der Waals surface area contributed by atoms with Crippen molar-refractivity contribution in [2.45, 2.75) is 20.5 Å². The molecule has 0 aliphatic rings. The first-order valence-corrected chi connectivity index (χ1v) is 4.49. The highest BCUT2D eigenvalue weighted by atomic mass is 19.3. The Balaban J connectivity index is 3.17. The molecule has 0 aliphatic carbocycles. The van der Waals surface area contributed by atoms with E-state index in [1.807, 2.05) is 0 Å². The molecule has 0 saturated heterocycles. The van der Waals surface area contributed by atoms with Crippen LogP contribution in [-0.4, -0.2) is 17.7 Å². The topological polar surface area (TPSA) is 67.8 Å². The number of ether oxygens (including phenoxy) is 1. The number of nitrogens with two attached hydrogens (primary N) is 1. The molecule has 1 rings (SSSR count). The van der Waals surface area contributed by atoms with Gasteiger partial charge in [-0.3, -0.25) is 0 Å². The molecular formula is C10H12F2N2O2. The van der Waals surface area contributed by atoms with Crippen molar-refractivity contribution in [2.75, 3.05) is 0 Å². The highest BCUT2D eigenvalue weighted by Gasteiger charge is 2.12. The van der Waals surface area contributed by atoms with Crippen LogP contribution in [0.2, 0.25) is 0 Å². The molecule has 0 spiro atoms. The van der Waals surface area contributed by atoms with E-state index in [1.54, 1.807) is 13.8 Å². The molecule has 0 aromatic heterocycles. The second-order valence-corrected chi connectivity index (χ2v) is 3.30. The Morgan fingerprint density at radius 2 is 1.88 bits per heavy atom. The lowest BCUT2D eigenvalue weighted by Gasteiger charge is -2.12. The van der Waals surface area contributed by atoms with E-state index >= 15 is 0 Å². The van der Waals surface area contributed by atoms with Gasteiger partial charge in [-0.2, -0.15) is 8.78 Å². The molecule has 16 heavy (non-hydrogen) atoms. The number of oxime groups is 1. The van der Waals surface area contributed by atoms with Gasteiger partial charge in [0.05, 0.1) is 0 Å². The van der Waals surface area contributed by atoms with E-state index in [0.29, 0.717) is 16.7 Å². The summed E-state index contributed by atoms with van der Waals surface area (Å²) in [5.74, 6) is 0.0410. The van der Waals surface area contributed by atoms with Crippen LogP contribution in [0.1, 0.15) is 16.7 Å². The van der Waals surface area contributed by atoms with Gasteiger partial charge in [-0.05, 0) is 37.1 Å². The fourth-order valence-corrected chi connectivity index (χ4v) is 1.43. The summed E-state index contributed by atoms with van der Waals surface area (Å²) in [5.41, 5.74) is 6.86. The van der Waals surface area contributed by atoms with E-state index < -0.39 is 6.61 Å². The Labute approximate surface area is 91.3 Å². The highest BCUT2D eigenvalue weighted by Crippen LogP contribution is 2.26. The summed E-state index contributed by atoms with van der Waals surface area (Å²) >= 11 is 0. The third-order valence-corrected chi connectivity index (χ3v) is 2.07. The molecule has 0 fully saturated rings. The molecule has 4 nitrogen and oxygen atoms in total. The van der Waals surface area contributed by atoms with Crippen LogP contribution in [0.15, 0.2) is 17.3 Å². The first kappa shape index (κ1) is 12.2. The number of rotatable bonds is 3. The van der Waals surface area contributed by atoms with Crippen molar-refractivity contribution in [3.63, 3.8) is 0 Å². The summed E-state index contributed by atoms with van der Waals surface area (Å²) in [4.78, 5) is 0. The molecule has 3 N–H and O–H groups in total. The second-order valence-electron chi connectivity index (χ2n) is 3.30. The minimum absolute atomic E-state index is 0.0743. The van der Waals surface area contributed by atoms with Crippen molar-refractivity contribution in [3.05, 3.63) is 28.8 Å². The molecule has 0 bridgehead atoms. The summed E-state index contributed by atoms with van der Waals surface area (Å²) < 4.78 is 28.6. The normalized spacial score (nSPS) is 11.9. The predicted molar refractivity (Wildman–Crippen MR) is 55.1 cm³/mol. The molecule has 1 aromatic carbocycles. The maximum atomic E-state index is 12.1. The van der Waals surface area contributed by atoms with Crippen molar-refractivity contribution in [1.29, 1.82) is 0 Å². The van der Waals surface area contributed by atoms with Gasteiger partial charge in [-0.15, -0.1) is 0 Å². The number of aryl methyl sites for hydroxylation is 2. The number of hydrogen-bond donors (Lipinski definition) is 2. The Kier molecular flexibility index (Phi) is 3.65. The number of benzene rings is 1. The fraction of sp³-hybridized carbons (Fsp3) is 0.300. The zero-order valence-corrected chi connectivity index (χ0v) is 8.87. The van der Waals surface area contributed by atoms with Crippen LogP contribution in [0, 0.1) is 13.8 Å². The van der Waals surface area contributed by atoms with Gasteiger partial charge in [0.15, 0.2) is 5.84 Å². The van der Waals surface area contributed by atoms with Gasteiger partial charge in [-0.1, -0.05) is 5.16 Å². The van der Waals surface area contributed by atoms with Gasteiger partial charge in [0, 0.05) is 5.56 Å². The van der Waals surface area contributed by atoms with Crippen LogP contribution in [-0.2, 0) is 0 Å². The van der Waals surface area contributed by atoms with Gasteiger partial charge in [0.2, 0.25) is 0 Å². The van der Waals surface area contributed by atoms with E-state index in [0.717, 1.165) is 0 Å². The number of amidine groups is 1. The molecular weight excluding hydrogens is 218 g/mol. The summed E-state index contributed by atoms with van der Waals surface area (Å²) in [7, 11) is 0. The quantitative estimate of drug-likeness (QED) is 0.361. The lowest BCUT2D eigenvalue weighted by Crippen LogP contribution is -2.14. The van der Waals surface area contributed by atoms with E-state index in [9.17, 15) is 8.78 Å². The van der Waals surface area contributed by atoms with Gasteiger partial charge in [-0.25, -0.2) is 0 Å². The SMILES string of the molecule is Cc1cc(C(N)=NO)cc(C)c1OC(F)F. The molecule has 0 atom stereocenters. The third-order valence-electron chi connectivity index (χ3n) is 2.07. The summed E-state index contributed by atoms with van der Waals surface area (Å²) in [6, 6.07) is 3.03. The Morgan fingerprint density at radius 1 is 1.38 bits per heavy atom. The Hall–Kier alpha value is -1.85. The number of halogens is 2. The third kappa shape index (κ3) is 2.59. The maximum Gasteiger partial charge on any atom is 0.387 e. The zero-order valence-electron chi connectivity index (χ0n) is 8.87. The molecule has 0 radical (unpaired) electrons. The molecule has 0 heterocycles. The van der Waals surface area contributed by atoms with Gasteiger partial charge in [0.1, 0.15) is 5.75 Å². The lowest BCUT2D eigenvalue weighted by atomic mass is 10.1. The first-order valence-electron chi connectivity index (χ1n) is 4.49. The van der Waals surface area contributed by atoms with Gasteiger partial charge >= 0.3 is 6.61 Å². The molecule has 1 aromatic rings. The first-order chi connectivity index (χ1) is 7.45. The average Bonchev–Trinajstić information content (AvgIpc) is 2.21. The number of alkyl halides is 2. The molecule has 0 saturated carbocycles.